The van der Waals surface area contributed by atoms with Gasteiger partial charge in [-0.1, -0.05) is 12.7 Å². The van der Waals surface area contributed by atoms with E-state index < -0.39 is 0 Å². The van der Waals surface area contributed by atoms with Gasteiger partial charge in [0.05, 0.1) is 5.54 Å². The lowest BCUT2D eigenvalue weighted by molar-refractivity contribution is 0.239. The fourth-order valence-corrected chi connectivity index (χ4v) is 3.84. The van der Waals surface area contributed by atoms with Crippen LogP contribution in [-0.2, 0) is 5.54 Å². The van der Waals surface area contributed by atoms with E-state index in [2.05, 4.69) is 74.4 Å². The van der Waals surface area contributed by atoms with Gasteiger partial charge in [0.1, 0.15) is 0 Å². The molecule has 0 aromatic heterocycles. The number of fused-ring (bicyclic) bond motifs is 1. The van der Waals surface area contributed by atoms with Crippen LogP contribution in [0, 0.1) is 17.4 Å². The van der Waals surface area contributed by atoms with Gasteiger partial charge in [-0.25, -0.2) is 0 Å². The minimum atomic E-state index is -0.000208. The predicted molar refractivity (Wildman–Crippen MR) is 87.6 cm³/mol. The Morgan fingerprint density at radius 1 is 1.39 bits per heavy atom. The number of benzene rings is 1. The molecule has 0 N–H and O–H groups in total. The lowest BCUT2D eigenvalue weighted by atomic mass is 9.88. The van der Waals surface area contributed by atoms with Gasteiger partial charge in [0, 0.05) is 21.4 Å². The third kappa shape index (κ3) is 1.73. The molecule has 2 rings (SSSR count). The van der Waals surface area contributed by atoms with Crippen LogP contribution in [-0.4, -0.2) is 11.4 Å². The van der Waals surface area contributed by atoms with E-state index in [0.717, 1.165) is 12.2 Å². The summed E-state index contributed by atoms with van der Waals surface area (Å²) >= 11 is 2.41. The van der Waals surface area contributed by atoms with Crippen LogP contribution in [0.25, 0.3) is 5.70 Å². The van der Waals surface area contributed by atoms with Crippen molar-refractivity contribution in [2.24, 2.45) is 0 Å². The number of halogens is 1. The van der Waals surface area contributed by atoms with Crippen LogP contribution < -0.4 is 0 Å². The predicted octanol–water partition coefficient (Wildman–Crippen LogP) is 4.62. The Bertz CT molecular complexity index is 541. The summed E-state index contributed by atoms with van der Waals surface area (Å²) in [5, 5.41) is 0. The normalized spacial score (nSPS) is 16.9. The summed E-state index contributed by atoms with van der Waals surface area (Å²) in [7, 11) is 0. The van der Waals surface area contributed by atoms with E-state index in [1.54, 1.807) is 0 Å². The average molecular weight is 353 g/mol. The first-order chi connectivity index (χ1) is 8.32. The quantitative estimate of drug-likeness (QED) is 0.554. The van der Waals surface area contributed by atoms with Gasteiger partial charge in [0.25, 0.3) is 0 Å². The highest BCUT2D eigenvalue weighted by Gasteiger charge is 2.41. The number of aryl methyl sites for hydroxylation is 1. The first-order valence-corrected chi connectivity index (χ1v) is 7.28. The van der Waals surface area contributed by atoms with Crippen LogP contribution in [0.1, 0.15) is 36.1 Å². The molecule has 0 saturated carbocycles. The number of nitrogens with zero attached hydrogens (tertiary/aromatic N) is 1. The van der Waals surface area contributed by atoms with Crippen molar-refractivity contribution in [2.75, 3.05) is 6.54 Å². The minimum Gasteiger partial charge on any atom is -0.359 e. The molecule has 1 nitrogen and oxygen atoms in total. The van der Waals surface area contributed by atoms with Gasteiger partial charge in [-0.05, 0) is 73.0 Å². The summed E-state index contributed by atoms with van der Waals surface area (Å²) < 4.78 is 1.32. The van der Waals surface area contributed by atoms with Gasteiger partial charge in [-0.2, -0.15) is 0 Å². The van der Waals surface area contributed by atoms with Crippen LogP contribution >= 0.6 is 22.6 Å². The fourth-order valence-electron chi connectivity index (χ4n) is 3.10. The molecule has 0 saturated heterocycles. The molecule has 18 heavy (non-hydrogen) atoms. The molecular formula is C16H20IN. The molecule has 0 aliphatic carbocycles. The van der Waals surface area contributed by atoms with Crippen molar-refractivity contribution in [3.8, 4) is 0 Å². The Balaban J connectivity index is 2.75. The Hall–Kier alpha value is -0.770. The molecule has 0 unspecified atom stereocenters. The largest absolute Gasteiger partial charge is 0.359 e. The Morgan fingerprint density at radius 3 is 2.56 bits per heavy atom. The molecule has 0 spiro atoms. The lowest BCUT2D eigenvalue weighted by Crippen LogP contribution is -2.35. The molecule has 1 heterocycles. The molecule has 96 valence electrons. The first-order valence-electron chi connectivity index (χ1n) is 6.20. The van der Waals surface area contributed by atoms with E-state index in [1.807, 2.05) is 6.08 Å². The van der Waals surface area contributed by atoms with Crippen LogP contribution in [0.2, 0.25) is 0 Å². The number of hydrogen-bond donors (Lipinski definition) is 0. The molecule has 1 aliphatic rings. The Kier molecular flexibility index (Phi) is 3.34. The second-order valence-corrected chi connectivity index (χ2v) is 6.62. The van der Waals surface area contributed by atoms with E-state index in [-0.39, 0.29) is 5.54 Å². The summed E-state index contributed by atoms with van der Waals surface area (Å²) in [6, 6.07) is 2.28. The van der Waals surface area contributed by atoms with Crippen molar-refractivity contribution >= 4 is 28.3 Å². The third-order valence-electron chi connectivity index (χ3n) is 3.93. The second-order valence-electron chi connectivity index (χ2n) is 5.46. The van der Waals surface area contributed by atoms with Gasteiger partial charge in [-0.3, -0.25) is 0 Å². The van der Waals surface area contributed by atoms with Crippen LogP contribution in [0.15, 0.2) is 25.3 Å². The van der Waals surface area contributed by atoms with E-state index in [1.165, 1.54) is 25.8 Å². The van der Waals surface area contributed by atoms with E-state index in [9.17, 15) is 0 Å². The Morgan fingerprint density at radius 2 is 2.00 bits per heavy atom. The van der Waals surface area contributed by atoms with E-state index in [0.29, 0.717) is 0 Å². The van der Waals surface area contributed by atoms with Gasteiger partial charge in [0.2, 0.25) is 0 Å². The summed E-state index contributed by atoms with van der Waals surface area (Å²) in [4.78, 5) is 2.35. The Labute approximate surface area is 124 Å². The zero-order valence-electron chi connectivity index (χ0n) is 11.6. The van der Waals surface area contributed by atoms with Gasteiger partial charge >= 0.3 is 0 Å². The highest BCUT2D eigenvalue weighted by atomic mass is 127. The standard InChI is InChI=1S/C16H20IN/c1-7-8-18-12(4)14-11(3)13(17)9-10(2)15(14)16(18,5)6/h7,9H,1,4,8H2,2-3,5-6H3. The van der Waals surface area contributed by atoms with Crippen molar-refractivity contribution in [3.63, 3.8) is 0 Å². The van der Waals surface area contributed by atoms with Gasteiger partial charge in [-0.15, -0.1) is 6.58 Å². The molecule has 1 aliphatic heterocycles. The molecule has 0 amide bonds. The first kappa shape index (κ1) is 13.7. The number of rotatable bonds is 2. The maximum Gasteiger partial charge on any atom is 0.0610 e. The highest BCUT2D eigenvalue weighted by molar-refractivity contribution is 14.1. The second kappa shape index (κ2) is 4.41. The summed E-state index contributed by atoms with van der Waals surface area (Å²) in [6.45, 7) is 18.0. The fraction of sp³-hybridized carbons (Fsp3) is 0.375. The zero-order valence-corrected chi connectivity index (χ0v) is 13.8. The lowest BCUT2D eigenvalue weighted by Gasteiger charge is -2.34. The van der Waals surface area contributed by atoms with Crippen molar-refractivity contribution in [1.29, 1.82) is 0 Å². The minimum absolute atomic E-state index is 0.000208. The monoisotopic (exact) mass is 353 g/mol. The molecule has 1 aromatic carbocycles. The number of hydrogen-bond acceptors (Lipinski definition) is 1. The molecule has 2 heteroatoms. The SMILES string of the molecule is C=CCN1C(=C)c2c(C)c(I)cc(C)c2C1(C)C. The molecule has 0 fully saturated rings. The average Bonchev–Trinajstić information content (AvgIpc) is 2.47. The molecule has 1 aromatic rings. The van der Waals surface area contributed by atoms with Gasteiger partial charge in [0.15, 0.2) is 0 Å². The maximum atomic E-state index is 4.31. The summed E-state index contributed by atoms with van der Waals surface area (Å²) in [5.41, 5.74) is 6.60. The van der Waals surface area contributed by atoms with Crippen molar-refractivity contribution in [1.82, 2.24) is 4.90 Å². The zero-order chi connectivity index (χ0) is 13.7. The van der Waals surface area contributed by atoms with Crippen LogP contribution in [0.4, 0.5) is 0 Å². The van der Waals surface area contributed by atoms with E-state index in [4.69, 9.17) is 0 Å². The van der Waals surface area contributed by atoms with Crippen molar-refractivity contribution < 1.29 is 0 Å². The topological polar surface area (TPSA) is 3.24 Å². The van der Waals surface area contributed by atoms with Crippen molar-refractivity contribution in [2.45, 2.75) is 33.2 Å². The van der Waals surface area contributed by atoms with Crippen molar-refractivity contribution in [3.05, 3.63) is 51.1 Å². The summed E-state index contributed by atoms with van der Waals surface area (Å²) in [6.07, 6.45) is 1.95. The van der Waals surface area contributed by atoms with Gasteiger partial charge < -0.3 is 4.90 Å². The maximum absolute atomic E-state index is 4.31. The van der Waals surface area contributed by atoms with E-state index >= 15 is 0 Å². The van der Waals surface area contributed by atoms with Crippen LogP contribution in [0.5, 0.6) is 0 Å². The molecule has 0 bridgehead atoms. The molecule has 0 atom stereocenters. The molecular weight excluding hydrogens is 333 g/mol. The smallest absolute Gasteiger partial charge is 0.0610 e. The molecule has 0 radical (unpaired) electrons. The third-order valence-corrected chi connectivity index (χ3v) is 5.05. The summed E-state index contributed by atoms with van der Waals surface area (Å²) in [5.74, 6) is 0. The van der Waals surface area contributed by atoms with Crippen LogP contribution in [0.3, 0.4) is 0 Å². The highest BCUT2D eigenvalue weighted by Crippen LogP contribution is 2.48.